The molecule has 0 aromatic carbocycles. The average Bonchev–Trinajstić information content (AvgIpc) is 2.33. The third-order valence-electron chi connectivity index (χ3n) is 2.50. The van der Waals surface area contributed by atoms with E-state index in [1.54, 1.807) is 0 Å². The fraction of sp³-hybridized carbons (Fsp3) is 1.00. The van der Waals surface area contributed by atoms with Gasteiger partial charge in [-0.3, -0.25) is 0 Å². The van der Waals surface area contributed by atoms with Gasteiger partial charge in [0.1, 0.15) is 0 Å². The van der Waals surface area contributed by atoms with Crippen LogP contribution in [0.2, 0.25) is 0 Å². The summed E-state index contributed by atoms with van der Waals surface area (Å²) >= 11 is 0. The number of hydrogen-bond donors (Lipinski definition) is 0. The Morgan fingerprint density at radius 3 is 1.45 bits per heavy atom. The molecule has 0 aliphatic carbocycles. The summed E-state index contributed by atoms with van der Waals surface area (Å²) in [6.07, 6.45) is 0. The maximum Gasteiger partial charge on any atom is 0.292 e. The van der Waals surface area contributed by atoms with Crippen molar-refractivity contribution < 1.29 is 0 Å². The van der Waals surface area contributed by atoms with Gasteiger partial charge in [0.25, 0.3) is 7.55 Å². The zero-order valence-corrected chi connectivity index (χ0v) is 8.17. The van der Waals surface area contributed by atoms with E-state index in [4.69, 9.17) is 0 Å². The number of rotatable bonds is 2. The van der Waals surface area contributed by atoms with Crippen molar-refractivity contribution in [1.29, 1.82) is 0 Å². The van der Waals surface area contributed by atoms with Crippen molar-refractivity contribution in [2.75, 3.05) is 13.1 Å². The molecule has 0 N–H and O–H groups in total. The topological polar surface area (TPSA) is 6.48 Å². The lowest BCUT2D eigenvalue weighted by molar-refractivity contribution is 0.390. The normalized spacial score (nSPS) is 21.6. The molecule has 0 amide bonds. The maximum absolute atomic E-state index is 2.51. The zero-order valence-electron chi connectivity index (χ0n) is 8.17. The zero-order chi connectivity index (χ0) is 8.43. The Kier molecular flexibility index (Phi) is 2.96. The third-order valence-corrected chi connectivity index (χ3v) is 2.50. The van der Waals surface area contributed by atoms with Gasteiger partial charge in [-0.1, -0.05) is 27.7 Å². The van der Waals surface area contributed by atoms with Gasteiger partial charge in [0.15, 0.2) is 0 Å². The lowest BCUT2D eigenvalue weighted by Crippen LogP contribution is -2.37. The fourth-order valence-electron chi connectivity index (χ4n) is 1.47. The summed E-state index contributed by atoms with van der Waals surface area (Å²) in [5.74, 6) is 0. The van der Waals surface area contributed by atoms with Crippen LogP contribution < -0.4 is 0 Å². The summed E-state index contributed by atoms with van der Waals surface area (Å²) in [6, 6.07) is 1.41. The Balaban J connectivity index is 2.35. The minimum absolute atomic E-state index is 0.707. The van der Waals surface area contributed by atoms with Gasteiger partial charge in [-0.05, 0) is 12.1 Å². The number of nitrogens with zero attached hydrogens (tertiary/aromatic N) is 2. The van der Waals surface area contributed by atoms with Crippen LogP contribution in [0.15, 0.2) is 0 Å². The highest BCUT2D eigenvalue weighted by Gasteiger charge is 2.24. The molecule has 1 aliphatic heterocycles. The first-order valence-corrected chi connectivity index (χ1v) is 4.59. The van der Waals surface area contributed by atoms with Gasteiger partial charge in [-0.15, -0.1) is 0 Å². The first-order chi connectivity index (χ1) is 5.11. The predicted octanol–water partition coefficient (Wildman–Crippen LogP) is 0.687. The summed E-state index contributed by atoms with van der Waals surface area (Å²) in [5.41, 5.74) is 0. The van der Waals surface area contributed by atoms with Crippen molar-refractivity contribution in [3.05, 3.63) is 0 Å². The summed E-state index contributed by atoms with van der Waals surface area (Å²) in [6.45, 7) is 11.6. The molecular formula is C8H19BN2. The van der Waals surface area contributed by atoms with E-state index in [2.05, 4.69) is 37.3 Å². The second-order valence-electron chi connectivity index (χ2n) is 3.95. The van der Waals surface area contributed by atoms with E-state index in [0.717, 1.165) is 7.55 Å². The quantitative estimate of drug-likeness (QED) is 0.540. The van der Waals surface area contributed by atoms with Crippen LogP contribution in [-0.2, 0) is 0 Å². The summed E-state index contributed by atoms with van der Waals surface area (Å²) in [5, 5.41) is 0. The molecule has 0 atom stereocenters. The van der Waals surface area contributed by atoms with E-state index >= 15 is 0 Å². The van der Waals surface area contributed by atoms with Crippen molar-refractivity contribution in [2.24, 2.45) is 0 Å². The van der Waals surface area contributed by atoms with Gasteiger partial charge in [-0.2, -0.15) is 0 Å². The molecule has 1 heterocycles. The van der Waals surface area contributed by atoms with Gasteiger partial charge in [0, 0.05) is 13.1 Å². The molecule has 1 saturated heterocycles. The van der Waals surface area contributed by atoms with E-state index in [-0.39, 0.29) is 0 Å². The summed E-state index contributed by atoms with van der Waals surface area (Å²) in [7, 11) is 1.16. The standard InChI is InChI=1S/C8H19BN2/c1-7(2)10-5-6-11(9-10)8(3)4/h7-9H,5-6H2,1-4H3. The highest BCUT2D eigenvalue weighted by atomic mass is 15.3. The second-order valence-corrected chi connectivity index (χ2v) is 3.95. The lowest BCUT2D eigenvalue weighted by atomic mass is 10.0. The van der Waals surface area contributed by atoms with Crippen LogP contribution in [-0.4, -0.2) is 42.3 Å². The van der Waals surface area contributed by atoms with Crippen molar-refractivity contribution in [2.45, 2.75) is 39.8 Å². The Labute approximate surface area is 70.8 Å². The van der Waals surface area contributed by atoms with Crippen LogP contribution in [0.1, 0.15) is 27.7 Å². The number of hydrogen-bond acceptors (Lipinski definition) is 2. The molecule has 0 saturated carbocycles. The Morgan fingerprint density at radius 2 is 1.27 bits per heavy atom. The van der Waals surface area contributed by atoms with Crippen molar-refractivity contribution in [1.82, 2.24) is 9.62 Å². The highest BCUT2D eigenvalue weighted by molar-refractivity contribution is 6.29. The monoisotopic (exact) mass is 154 g/mol. The van der Waals surface area contributed by atoms with Gasteiger partial charge in [0.2, 0.25) is 0 Å². The molecule has 0 spiro atoms. The molecule has 0 radical (unpaired) electrons. The van der Waals surface area contributed by atoms with Gasteiger partial charge in [0.05, 0.1) is 0 Å². The van der Waals surface area contributed by atoms with Crippen molar-refractivity contribution >= 4 is 7.55 Å². The van der Waals surface area contributed by atoms with Crippen LogP contribution in [0.4, 0.5) is 0 Å². The highest BCUT2D eigenvalue weighted by Crippen LogP contribution is 2.08. The SMILES string of the molecule is CC(C)N1BN(C(C)C)CC1. The molecule has 0 aromatic rings. The Morgan fingerprint density at radius 1 is 0.909 bits per heavy atom. The Bertz CT molecular complexity index is 111. The third kappa shape index (κ3) is 2.21. The van der Waals surface area contributed by atoms with Crippen LogP contribution >= 0.6 is 0 Å². The van der Waals surface area contributed by atoms with E-state index in [1.165, 1.54) is 13.1 Å². The molecule has 0 bridgehead atoms. The fourth-order valence-corrected chi connectivity index (χ4v) is 1.47. The molecule has 1 aliphatic rings. The predicted molar refractivity (Wildman–Crippen MR) is 50.8 cm³/mol. The molecule has 1 fully saturated rings. The molecule has 11 heavy (non-hydrogen) atoms. The van der Waals surface area contributed by atoms with E-state index < -0.39 is 0 Å². The first kappa shape index (κ1) is 9.08. The smallest absolute Gasteiger partial charge is 0.292 e. The van der Waals surface area contributed by atoms with Gasteiger partial charge >= 0.3 is 0 Å². The van der Waals surface area contributed by atoms with Crippen LogP contribution in [0.3, 0.4) is 0 Å². The molecule has 1 rings (SSSR count). The molecule has 0 aromatic heterocycles. The van der Waals surface area contributed by atoms with Gasteiger partial charge < -0.3 is 9.62 Å². The van der Waals surface area contributed by atoms with Crippen molar-refractivity contribution in [3.8, 4) is 0 Å². The molecule has 3 heteroatoms. The molecule has 2 nitrogen and oxygen atoms in total. The van der Waals surface area contributed by atoms with E-state index in [0.29, 0.717) is 12.1 Å². The molecule has 64 valence electrons. The first-order valence-electron chi connectivity index (χ1n) is 4.59. The summed E-state index contributed by atoms with van der Waals surface area (Å²) in [4.78, 5) is 5.03. The minimum Gasteiger partial charge on any atom is -0.328 e. The van der Waals surface area contributed by atoms with Crippen LogP contribution in [0.5, 0.6) is 0 Å². The minimum atomic E-state index is 0.707. The molecule has 0 unspecified atom stereocenters. The van der Waals surface area contributed by atoms with Crippen molar-refractivity contribution in [3.63, 3.8) is 0 Å². The second kappa shape index (κ2) is 3.59. The largest absolute Gasteiger partial charge is 0.328 e. The van der Waals surface area contributed by atoms with E-state index in [9.17, 15) is 0 Å². The maximum atomic E-state index is 2.51. The Hall–Kier alpha value is -0.0151. The van der Waals surface area contributed by atoms with Gasteiger partial charge in [-0.25, -0.2) is 0 Å². The van der Waals surface area contributed by atoms with Crippen LogP contribution in [0, 0.1) is 0 Å². The lowest BCUT2D eigenvalue weighted by Gasteiger charge is -2.21. The molecular weight excluding hydrogens is 135 g/mol. The van der Waals surface area contributed by atoms with E-state index in [1.807, 2.05) is 0 Å². The average molecular weight is 154 g/mol. The van der Waals surface area contributed by atoms with Crippen LogP contribution in [0.25, 0.3) is 0 Å². The summed E-state index contributed by atoms with van der Waals surface area (Å²) < 4.78 is 0.